The summed E-state index contributed by atoms with van der Waals surface area (Å²) >= 11 is 1.79. The van der Waals surface area contributed by atoms with E-state index in [0.29, 0.717) is 0 Å². The van der Waals surface area contributed by atoms with Crippen molar-refractivity contribution in [2.75, 3.05) is 6.54 Å². The highest BCUT2D eigenvalue weighted by atomic mass is 32.1. The van der Waals surface area contributed by atoms with Crippen LogP contribution in [0.3, 0.4) is 0 Å². The summed E-state index contributed by atoms with van der Waals surface area (Å²) in [6, 6.07) is 3.00. The average Bonchev–Trinajstić information content (AvgIpc) is 2.82. The van der Waals surface area contributed by atoms with Gasteiger partial charge in [-0.1, -0.05) is 12.2 Å². The molecule has 1 aromatic rings. The molecule has 0 saturated heterocycles. The van der Waals surface area contributed by atoms with Crippen molar-refractivity contribution in [1.29, 1.82) is 0 Å². The molecular formula is C13H17NS. The fraction of sp³-hybridized carbons (Fsp3) is 0.538. The normalized spacial score (nSPS) is 32.7. The zero-order valence-corrected chi connectivity index (χ0v) is 9.67. The predicted molar refractivity (Wildman–Crippen MR) is 65.2 cm³/mol. The molecule has 2 aliphatic rings. The van der Waals surface area contributed by atoms with Crippen LogP contribution in [0.5, 0.6) is 0 Å². The van der Waals surface area contributed by atoms with Crippen LogP contribution in [0.15, 0.2) is 29.0 Å². The van der Waals surface area contributed by atoms with E-state index in [1.807, 2.05) is 0 Å². The second-order valence-corrected chi connectivity index (χ2v) is 5.46. The van der Waals surface area contributed by atoms with Gasteiger partial charge in [0.1, 0.15) is 0 Å². The summed E-state index contributed by atoms with van der Waals surface area (Å²) in [4.78, 5) is 0. The minimum Gasteiger partial charge on any atom is -0.313 e. The van der Waals surface area contributed by atoms with E-state index in [1.54, 1.807) is 11.3 Å². The summed E-state index contributed by atoms with van der Waals surface area (Å²) in [5.74, 6) is 1.83. The van der Waals surface area contributed by atoms with E-state index in [4.69, 9.17) is 0 Å². The van der Waals surface area contributed by atoms with Gasteiger partial charge < -0.3 is 5.32 Å². The fourth-order valence-corrected chi connectivity index (χ4v) is 3.49. The summed E-state index contributed by atoms with van der Waals surface area (Å²) in [6.45, 7) is 1.14. The molecule has 0 bridgehead atoms. The highest BCUT2D eigenvalue weighted by Crippen LogP contribution is 2.42. The Labute approximate surface area is 95.2 Å². The number of rotatable bonds is 4. The van der Waals surface area contributed by atoms with Crippen LogP contribution >= 0.6 is 11.3 Å². The second kappa shape index (κ2) is 4.11. The molecule has 2 heteroatoms. The summed E-state index contributed by atoms with van der Waals surface area (Å²) in [5, 5.41) is 8.09. The average molecular weight is 219 g/mol. The van der Waals surface area contributed by atoms with Crippen molar-refractivity contribution in [1.82, 2.24) is 5.32 Å². The number of allylic oxidation sites excluding steroid dienone is 1. The zero-order chi connectivity index (χ0) is 10.1. The molecular weight excluding hydrogens is 202 g/mol. The number of fused-ring (bicyclic) bond motifs is 1. The Morgan fingerprint density at radius 3 is 3.27 bits per heavy atom. The Balaban J connectivity index is 1.42. The maximum absolute atomic E-state index is 3.68. The van der Waals surface area contributed by atoms with Crippen LogP contribution in [-0.2, 0) is 6.42 Å². The van der Waals surface area contributed by atoms with E-state index in [-0.39, 0.29) is 0 Å². The van der Waals surface area contributed by atoms with Gasteiger partial charge in [-0.3, -0.25) is 0 Å². The van der Waals surface area contributed by atoms with E-state index < -0.39 is 0 Å². The van der Waals surface area contributed by atoms with E-state index in [1.165, 1.54) is 24.8 Å². The molecule has 1 fully saturated rings. The number of nitrogens with one attached hydrogen (secondary N) is 1. The van der Waals surface area contributed by atoms with Gasteiger partial charge in [0.05, 0.1) is 0 Å². The van der Waals surface area contributed by atoms with Crippen molar-refractivity contribution in [3.05, 3.63) is 34.5 Å². The highest BCUT2D eigenvalue weighted by molar-refractivity contribution is 7.07. The van der Waals surface area contributed by atoms with Gasteiger partial charge in [0, 0.05) is 6.04 Å². The van der Waals surface area contributed by atoms with Crippen molar-refractivity contribution in [2.24, 2.45) is 11.8 Å². The van der Waals surface area contributed by atoms with Crippen molar-refractivity contribution >= 4 is 11.3 Å². The molecule has 1 nitrogen and oxygen atoms in total. The van der Waals surface area contributed by atoms with Gasteiger partial charge in [-0.05, 0) is 60.0 Å². The lowest BCUT2D eigenvalue weighted by Crippen LogP contribution is -2.48. The molecule has 1 N–H and O–H groups in total. The summed E-state index contributed by atoms with van der Waals surface area (Å²) in [5.41, 5.74) is 1.48. The fourth-order valence-electron chi connectivity index (χ4n) is 2.78. The monoisotopic (exact) mass is 219 g/mol. The van der Waals surface area contributed by atoms with Gasteiger partial charge in [-0.25, -0.2) is 0 Å². The molecule has 0 spiro atoms. The number of hydrogen-bond acceptors (Lipinski definition) is 2. The lowest BCUT2D eigenvalue weighted by molar-refractivity contribution is 0.164. The van der Waals surface area contributed by atoms with Crippen LogP contribution in [0.2, 0.25) is 0 Å². The lowest BCUT2D eigenvalue weighted by Gasteiger charge is -2.40. The third-order valence-electron chi connectivity index (χ3n) is 3.76. The lowest BCUT2D eigenvalue weighted by atomic mass is 9.71. The van der Waals surface area contributed by atoms with Crippen LogP contribution in [-0.4, -0.2) is 12.6 Å². The molecule has 3 rings (SSSR count). The molecule has 3 atom stereocenters. The first-order chi connectivity index (χ1) is 7.43. The van der Waals surface area contributed by atoms with Gasteiger partial charge in [0.25, 0.3) is 0 Å². The minimum absolute atomic E-state index is 0.771. The first-order valence-electron chi connectivity index (χ1n) is 5.84. The topological polar surface area (TPSA) is 12.0 Å². The molecule has 0 amide bonds. The Bertz CT molecular complexity index is 341. The summed E-state index contributed by atoms with van der Waals surface area (Å²) in [7, 11) is 0. The number of thiophene rings is 1. The molecule has 0 aliphatic heterocycles. The van der Waals surface area contributed by atoms with Crippen molar-refractivity contribution in [3.8, 4) is 0 Å². The van der Waals surface area contributed by atoms with Gasteiger partial charge in [0.2, 0.25) is 0 Å². The molecule has 15 heavy (non-hydrogen) atoms. The Morgan fingerprint density at radius 2 is 2.47 bits per heavy atom. The third-order valence-corrected chi connectivity index (χ3v) is 4.50. The zero-order valence-electron chi connectivity index (χ0n) is 8.86. The van der Waals surface area contributed by atoms with E-state index in [2.05, 4.69) is 34.3 Å². The van der Waals surface area contributed by atoms with Crippen LogP contribution in [0.4, 0.5) is 0 Å². The van der Waals surface area contributed by atoms with Gasteiger partial charge in [0.15, 0.2) is 0 Å². The standard InChI is InChI=1S/C13H17NS/c1-2-11-8-13(12(11)3-1)14-6-4-10-5-7-15-9-10/h1,3,5,7,9,11-14H,2,4,6,8H2. The Hall–Kier alpha value is -0.600. The minimum atomic E-state index is 0.771. The summed E-state index contributed by atoms with van der Waals surface area (Å²) in [6.07, 6.45) is 8.67. The quantitative estimate of drug-likeness (QED) is 0.768. The van der Waals surface area contributed by atoms with Gasteiger partial charge >= 0.3 is 0 Å². The molecule has 1 heterocycles. The van der Waals surface area contributed by atoms with E-state index >= 15 is 0 Å². The molecule has 0 aromatic carbocycles. The molecule has 1 saturated carbocycles. The SMILES string of the molecule is C1=CC2C(C1)CC2NCCc1ccsc1. The van der Waals surface area contributed by atoms with Gasteiger partial charge in [-0.15, -0.1) is 0 Å². The smallest absolute Gasteiger partial charge is 0.0136 e. The van der Waals surface area contributed by atoms with Crippen LogP contribution in [0.1, 0.15) is 18.4 Å². The van der Waals surface area contributed by atoms with E-state index in [9.17, 15) is 0 Å². The van der Waals surface area contributed by atoms with Crippen molar-refractivity contribution < 1.29 is 0 Å². The molecule has 1 aromatic heterocycles. The van der Waals surface area contributed by atoms with E-state index in [0.717, 1.165) is 24.4 Å². The Kier molecular flexibility index (Phi) is 2.63. The molecule has 0 radical (unpaired) electrons. The van der Waals surface area contributed by atoms with Crippen molar-refractivity contribution in [3.63, 3.8) is 0 Å². The van der Waals surface area contributed by atoms with Crippen molar-refractivity contribution in [2.45, 2.75) is 25.3 Å². The van der Waals surface area contributed by atoms with Crippen LogP contribution in [0, 0.1) is 11.8 Å². The first kappa shape index (κ1) is 9.61. The predicted octanol–water partition coefficient (Wildman–Crippen LogP) is 2.84. The Morgan fingerprint density at radius 1 is 1.47 bits per heavy atom. The molecule has 3 unspecified atom stereocenters. The molecule has 2 aliphatic carbocycles. The van der Waals surface area contributed by atoms with Crippen LogP contribution < -0.4 is 5.32 Å². The number of hydrogen-bond donors (Lipinski definition) is 1. The third kappa shape index (κ3) is 1.88. The summed E-state index contributed by atoms with van der Waals surface area (Å²) < 4.78 is 0. The maximum Gasteiger partial charge on any atom is 0.0136 e. The second-order valence-electron chi connectivity index (χ2n) is 4.68. The maximum atomic E-state index is 3.68. The first-order valence-corrected chi connectivity index (χ1v) is 6.79. The van der Waals surface area contributed by atoms with Gasteiger partial charge in [-0.2, -0.15) is 11.3 Å². The van der Waals surface area contributed by atoms with Crippen LogP contribution in [0.25, 0.3) is 0 Å². The molecule has 80 valence electrons. The largest absolute Gasteiger partial charge is 0.313 e. The highest BCUT2D eigenvalue weighted by Gasteiger charge is 2.40.